The van der Waals surface area contributed by atoms with Crippen LogP contribution in [0.4, 0.5) is 4.39 Å². The van der Waals surface area contributed by atoms with Crippen LogP contribution < -0.4 is 9.47 Å². The van der Waals surface area contributed by atoms with Gasteiger partial charge in [-0.3, -0.25) is 0 Å². The molecule has 0 saturated heterocycles. The summed E-state index contributed by atoms with van der Waals surface area (Å²) in [6, 6.07) is 10.9. The van der Waals surface area contributed by atoms with Crippen LogP contribution in [0.15, 0.2) is 40.9 Å². The quantitative estimate of drug-likeness (QED) is 0.615. The monoisotopic (exact) mass is 416 g/mol. The average molecular weight is 418 g/mol. The van der Waals surface area contributed by atoms with E-state index in [4.69, 9.17) is 9.47 Å². The van der Waals surface area contributed by atoms with E-state index in [1.54, 1.807) is 20.3 Å². The zero-order valence-corrected chi connectivity index (χ0v) is 14.9. The average Bonchev–Trinajstić information content (AvgIpc) is 2.49. The second kappa shape index (κ2) is 7.27. The molecule has 0 aliphatic carbocycles. The van der Waals surface area contributed by atoms with Gasteiger partial charge in [0.05, 0.1) is 18.7 Å². The molecule has 112 valence electrons. The third kappa shape index (κ3) is 3.98. The SMILES string of the molecule is COc1ccc(CC(Br)c2ccc(Br)c(F)c2)cc1OC. The Labute approximate surface area is 140 Å². The van der Waals surface area contributed by atoms with Crippen molar-refractivity contribution in [2.24, 2.45) is 0 Å². The molecule has 0 N–H and O–H groups in total. The summed E-state index contributed by atoms with van der Waals surface area (Å²) in [5, 5.41) is 0. The van der Waals surface area contributed by atoms with Crippen LogP contribution in [0.1, 0.15) is 16.0 Å². The predicted octanol–water partition coefficient (Wildman–Crippen LogP) is 5.28. The molecule has 0 amide bonds. The Morgan fingerprint density at radius 3 is 2.38 bits per heavy atom. The zero-order chi connectivity index (χ0) is 15.4. The predicted molar refractivity (Wildman–Crippen MR) is 89.0 cm³/mol. The van der Waals surface area contributed by atoms with Gasteiger partial charge in [-0.15, -0.1) is 0 Å². The van der Waals surface area contributed by atoms with E-state index in [1.807, 2.05) is 24.3 Å². The molecule has 0 aliphatic heterocycles. The van der Waals surface area contributed by atoms with Gasteiger partial charge in [0, 0.05) is 4.83 Å². The van der Waals surface area contributed by atoms with Crippen LogP contribution in [0, 0.1) is 5.82 Å². The van der Waals surface area contributed by atoms with Crippen molar-refractivity contribution in [3.8, 4) is 11.5 Å². The first-order valence-corrected chi connectivity index (χ1v) is 8.06. The van der Waals surface area contributed by atoms with E-state index in [0.717, 1.165) is 17.5 Å². The minimum Gasteiger partial charge on any atom is -0.493 e. The van der Waals surface area contributed by atoms with Crippen molar-refractivity contribution in [2.45, 2.75) is 11.2 Å². The van der Waals surface area contributed by atoms with Crippen LogP contribution in [-0.2, 0) is 6.42 Å². The maximum atomic E-state index is 13.6. The summed E-state index contributed by atoms with van der Waals surface area (Å²) in [5.74, 6) is 1.13. The Morgan fingerprint density at radius 1 is 1.05 bits per heavy atom. The Kier molecular flexibility index (Phi) is 5.65. The second-order valence-electron chi connectivity index (χ2n) is 4.53. The van der Waals surface area contributed by atoms with Crippen molar-refractivity contribution in [1.29, 1.82) is 0 Å². The highest BCUT2D eigenvalue weighted by atomic mass is 79.9. The molecule has 2 aromatic rings. The molecule has 0 heterocycles. The zero-order valence-electron chi connectivity index (χ0n) is 11.7. The number of alkyl halides is 1. The van der Waals surface area contributed by atoms with E-state index >= 15 is 0 Å². The molecule has 1 unspecified atom stereocenters. The highest BCUT2D eigenvalue weighted by molar-refractivity contribution is 9.10. The topological polar surface area (TPSA) is 18.5 Å². The van der Waals surface area contributed by atoms with Crippen LogP contribution in [0.5, 0.6) is 11.5 Å². The highest BCUT2D eigenvalue weighted by Crippen LogP contribution is 2.33. The fourth-order valence-corrected chi connectivity index (χ4v) is 2.94. The molecule has 0 saturated carbocycles. The minimum atomic E-state index is -0.260. The summed E-state index contributed by atoms with van der Waals surface area (Å²) >= 11 is 6.77. The molecule has 2 rings (SSSR count). The molecule has 0 aliphatic rings. The Balaban J connectivity index is 2.18. The molecule has 2 nitrogen and oxygen atoms in total. The summed E-state index contributed by atoms with van der Waals surface area (Å²) in [4.78, 5) is 0.0261. The van der Waals surface area contributed by atoms with Crippen LogP contribution in [-0.4, -0.2) is 14.2 Å². The number of hydrogen-bond acceptors (Lipinski definition) is 2. The number of benzene rings is 2. The lowest BCUT2D eigenvalue weighted by atomic mass is 10.0. The van der Waals surface area contributed by atoms with E-state index in [9.17, 15) is 4.39 Å². The lowest BCUT2D eigenvalue weighted by Crippen LogP contribution is -1.98. The number of hydrogen-bond donors (Lipinski definition) is 0. The van der Waals surface area contributed by atoms with Gasteiger partial charge in [-0.05, 0) is 57.7 Å². The summed E-state index contributed by atoms with van der Waals surface area (Å²) in [5.41, 5.74) is 1.98. The third-order valence-corrected chi connectivity index (χ3v) is 4.66. The van der Waals surface area contributed by atoms with Crippen LogP contribution in [0.3, 0.4) is 0 Å². The van der Waals surface area contributed by atoms with Crippen LogP contribution in [0.2, 0.25) is 0 Å². The van der Waals surface area contributed by atoms with Crippen LogP contribution in [0.25, 0.3) is 0 Å². The minimum absolute atomic E-state index is 0.0261. The summed E-state index contributed by atoms with van der Waals surface area (Å²) in [7, 11) is 3.22. The largest absolute Gasteiger partial charge is 0.493 e. The van der Waals surface area contributed by atoms with E-state index in [1.165, 1.54) is 6.07 Å². The number of methoxy groups -OCH3 is 2. The summed E-state index contributed by atoms with van der Waals surface area (Å²) < 4.78 is 24.6. The molecule has 0 fully saturated rings. The molecule has 2 aromatic carbocycles. The standard InChI is InChI=1S/C16H15Br2FO2/c1-20-15-6-3-10(8-16(15)21-2)7-13(18)11-4-5-12(17)14(19)9-11/h3-6,8-9,13H,7H2,1-2H3. The molecule has 0 radical (unpaired) electrons. The summed E-state index contributed by atoms with van der Waals surface area (Å²) in [6.07, 6.45) is 0.724. The first-order valence-electron chi connectivity index (χ1n) is 6.35. The molecule has 0 bridgehead atoms. The van der Waals surface area contributed by atoms with Gasteiger partial charge in [0.2, 0.25) is 0 Å². The van der Waals surface area contributed by atoms with E-state index in [2.05, 4.69) is 31.9 Å². The molecule has 21 heavy (non-hydrogen) atoms. The fourth-order valence-electron chi connectivity index (χ4n) is 2.04. The molecule has 0 aromatic heterocycles. The van der Waals surface area contributed by atoms with Gasteiger partial charge < -0.3 is 9.47 Å². The second-order valence-corrected chi connectivity index (χ2v) is 6.49. The number of rotatable bonds is 5. The third-order valence-electron chi connectivity index (χ3n) is 3.17. The molecule has 0 spiro atoms. The van der Waals surface area contributed by atoms with Crippen molar-refractivity contribution >= 4 is 31.9 Å². The van der Waals surface area contributed by atoms with Crippen molar-refractivity contribution in [2.75, 3.05) is 14.2 Å². The highest BCUT2D eigenvalue weighted by Gasteiger charge is 2.12. The van der Waals surface area contributed by atoms with Gasteiger partial charge >= 0.3 is 0 Å². The lowest BCUT2D eigenvalue weighted by Gasteiger charge is -2.13. The van der Waals surface area contributed by atoms with Crippen LogP contribution >= 0.6 is 31.9 Å². The van der Waals surface area contributed by atoms with E-state index in [-0.39, 0.29) is 10.6 Å². The Hall–Kier alpha value is -1.07. The van der Waals surface area contributed by atoms with Crippen molar-refractivity contribution < 1.29 is 13.9 Å². The van der Waals surface area contributed by atoms with Gasteiger partial charge in [0.1, 0.15) is 5.82 Å². The first-order chi connectivity index (χ1) is 10.0. The first kappa shape index (κ1) is 16.3. The van der Waals surface area contributed by atoms with Crippen molar-refractivity contribution in [3.63, 3.8) is 0 Å². The van der Waals surface area contributed by atoms with Crippen molar-refractivity contribution in [1.82, 2.24) is 0 Å². The van der Waals surface area contributed by atoms with Gasteiger partial charge in [0.15, 0.2) is 11.5 Å². The number of ether oxygens (including phenoxy) is 2. The normalized spacial score (nSPS) is 12.0. The molecule has 1 atom stereocenters. The maximum absolute atomic E-state index is 13.6. The van der Waals surface area contributed by atoms with Gasteiger partial charge in [-0.25, -0.2) is 4.39 Å². The number of halogens is 3. The van der Waals surface area contributed by atoms with Gasteiger partial charge in [0.25, 0.3) is 0 Å². The van der Waals surface area contributed by atoms with Gasteiger partial charge in [-0.2, -0.15) is 0 Å². The van der Waals surface area contributed by atoms with E-state index in [0.29, 0.717) is 16.0 Å². The van der Waals surface area contributed by atoms with E-state index < -0.39 is 0 Å². The summed E-state index contributed by atoms with van der Waals surface area (Å²) in [6.45, 7) is 0. The molecule has 5 heteroatoms. The molecular formula is C16H15Br2FO2. The smallest absolute Gasteiger partial charge is 0.160 e. The Bertz CT molecular complexity index is 632. The Morgan fingerprint density at radius 2 is 1.76 bits per heavy atom. The lowest BCUT2D eigenvalue weighted by molar-refractivity contribution is 0.354. The van der Waals surface area contributed by atoms with Crippen molar-refractivity contribution in [3.05, 3.63) is 57.8 Å². The fraction of sp³-hybridized carbons (Fsp3) is 0.250. The maximum Gasteiger partial charge on any atom is 0.160 e. The van der Waals surface area contributed by atoms with Gasteiger partial charge in [-0.1, -0.05) is 28.1 Å². The molecular weight excluding hydrogens is 403 g/mol.